The Kier molecular flexibility index (Phi) is 18.4. The van der Waals surface area contributed by atoms with E-state index in [2.05, 4.69) is 71.9 Å². The molecule has 24 heteroatoms. The number of hydrogen-bond donors (Lipinski definition) is 3. The van der Waals surface area contributed by atoms with Crippen molar-refractivity contribution in [3.05, 3.63) is 113 Å². The van der Waals surface area contributed by atoms with Crippen LogP contribution in [0.3, 0.4) is 0 Å². The van der Waals surface area contributed by atoms with E-state index >= 15 is 0 Å². The molecule has 85 heavy (non-hydrogen) atoms. The molecule has 1 aliphatic heterocycles. The van der Waals surface area contributed by atoms with Crippen molar-refractivity contribution < 1.29 is 32.1 Å². The largest absolute Gasteiger partial charge is 0.464 e. The third-order valence-electron chi connectivity index (χ3n) is 16.9. The van der Waals surface area contributed by atoms with Gasteiger partial charge in [0, 0.05) is 43.2 Å². The van der Waals surface area contributed by atoms with Crippen LogP contribution in [0.25, 0.3) is 66.6 Å². The third-order valence-corrected chi connectivity index (χ3v) is 16.9. The van der Waals surface area contributed by atoms with Gasteiger partial charge in [-0.3, -0.25) is 37.7 Å². The molecule has 450 valence electrons. The highest BCUT2D eigenvalue weighted by Crippen LogP contribution is 2.41. The summed E-state index contributed by atoms with van der Waals surface area (Å²) < 4.78 is 34.0. The fraction of sp³-hybridized carbons (Fsp3) is 0.492. The third kappa shape index (κ3) is 11.6. The van der Waals surface area contributed by atoms with Crippen LogP contribution in [-0.4, -0.2) is 93.7 Å². The minimum absolute atomic E-state index is 0. The summed E-state index contributed by atoms with van der Waals surface area (Å²) >= 11 is 2.94. The van der Waals surface area contributed by atoms with Gasteiger partial charge in [-0.1, -0.05) is 43.8 Å². The maximum atomic E-state index is 13.0. The number of carbonyl (C=O) groups excluding carboxylic acids is 2. The molecule has 3 aliphatic carbocycles. The normalized spacial score (nSPS) is 15.7. The number of likely N-dealkylation sites (N-methyl/N-ethyl adjacent to an activating group) is 2. The molecule has 0 bridgehead atoms. The Balaban J connectivity index is 0.000000152. The Morgan fingerprint density at radius 1 is 0.565 bits per heavy atom. The Bertz CT molecular complexity index is 4250. The minimum Gasteiger partial charge on any atom is -0.430 e. The number of nitrogens with one attached hydrogen (secondary N) is 2. The average molecular weight is 1230 g/mol. The van der Waals surface area contributed by atoms with Crippen molar-refractivity contribution in [3.63, 3.8) is 0 Å². The summed E-state index contributed by atoms with van der Waals surface area (Å²) in [6.07, 6.45) is 19.1. The lowest BCUT2D eigenvalue weighted by Gasteiger charge is -2.32. The first-order valence-electron chi connectivity index (χ1n) is 28.9. The van der Waals surface area contributed by atoms with Gasteiger partial charge in [0.05, 0.1) is 52.9 Å². The van der Waals surface area contributed by atoms with Crippen molar-refractivity contribution >= 4 is 101 Å². The Labute approximate surface area is 500 Å². The van der Waals surface area contributed by atoms with Crippen LogP contribution >= 0.6 is 15.9 Å². The van der Waals surface area contributed by atoms with Gasteiger partial charge in [-0.05, 0) is 157 Å². The number of aromatic nitrogens is 9. The number of furan rings is 3. The van der Waals surface area contributed by atoms with Crippen LogP contribution < -0.4 is 33.0 Å². The number of carbonyl (C=O) groups is 2. The van der Waals surface area contributed by atoms with E-state index in [1.165, 1.54) is 81.0 Å². The number of halogens is 1. The van der Waals surface area contributed by atoms with Gasteiger partial charge in [-0.2, -0.15) is 0 Å². The van der Waals surface area contributed by atoms with Gasteiger partial charge in [0.25, 0.3) is 16.7 Å². The van der Waals surface area contributed by atoms with Crippen LogP contribution in [0.2, 0.25) is 0 Å². The topological polar surface area (TPSA) is 285 Å². The summed E-state index contributed by atoms with van der Waals surface area (Å²) in [6.45, 7) is 16.0. The number of rotatable bonds is 10. The molecule has 0 spiro atoms. The lowest BCUT2D eigenvalue weighted by atomic mass is 9.78. The van der Waals surface area contributed by atoms with Crippen molar-refractivity contribution in [1.82, 2.24) is 54.2 Å². The van der Waals surface area contributed by atoms with Crippen LogP contribution in [0.1, 0.15) is 138 Å². The zero-order valence-corrected chi connectivity index (χ0v) is 50.9. The lowest BCUT2D eigenvalue weighted by molar-refractivity contribution is -0.122. The molecule has 13 rings (SSSR count). The molecule has 2 amide bonds. The second-order valence-corrected chi connectivity index (χ2v) is 22.7. The molecule has 4 N–H and O–H groups in total. The number of fused-ring (bicyclic) bond motifs is 15. The number of nitrogens with zero attached hydrogens (tertiary/aromatic N) is 9. The highest BCUT2D eigenvalue weighted by Gasteiger charge is 2.51. The molecule has 0 atom stereocenters. The molecule has 0 saturated carbocycles. The predicted molar refractivity (Wildman–Crippen MR) is 332 cm³/mol. The smallest absolute Gasteiger partial charge is 0.430 e. The van der Waals surface area contributed by atoms with Gasteiger partial charge in [-0.15, -0.1) is 0 Å². The molecule has 1 fully saturated rings. The average Bonchev–Trinajstić information content (AvgIpc) is 2.41. The highest BCUT2D eigenvalue weighted by molar-refractivity contribution is 9.08. The summed E-state index contributed by atoms with van der Waals surface area (Å²) in [5.41, 5.74) is 18.3. The molecule has 1 saturated heterocycles. The maximum Gasteiger partial charge on any atom is 0.464 e. The molecule has 0 unspecified atom stereocenters. The fourth-order valence-corrected chi connectivity index (χ4v) is 12.1. The predicted octanol–water partition coefficient (Wildman–Crippen LogP) is 8.16. The molecular weight excluding hydrogens is 1150 g/mol. The monoisotopic (exact) mass is 1230 g/mol. The first-order valence-corrected chi connectivity index (χ1v) is 30.5. The Morgan fingerprint density at radius 2 is 0.871 bits per heavy atom. The number of aryl methyl sites for hydroxylation is 5. The SMILES string of the molecule is C.C=C(N)Cn1cnc2c(oc3nc(CC)c4c(c32)CCCC4)c1=O.CBr.CCc1nc2oc3c(=O)n(CC(=O)NC)cnc3c2c2c1CCCC2.CNC(=O)Cn1cnc2c(oc3nc(CB4OC(C)(C)C(C)(C)O4)c4c(c32)CCCC4)c1=O. The number of pyridine rings is 3. The molecule has 0 radical (unpaired) electrons. The molecule has 0 aromatic carbocycles. The Morgan fingerprint density at radius 3 is 1.19 bits per heavy atom. The summed E-state index contributed by atoms with van der Waals surface area (Å²) in [4.78, 5) is 89.3. The number of amides is 2. The first kappa shape index (κ1) is 62.0. The maximum absolute atomic E-state index is 13.0. The van der Waals surface area contributed by atoms with Crippen molar-refractivity contribution in [2.45, 2.75) is 176 Å². The Hall–Kier alpha value is -7.57. The van der Waals surface area contributed by atoms with Gasteiger partial charge in [-0.25, -0.2) is 29.9 Å². The van der Waals surface area contributed by atoms with E-state index in [1.54, 1.807) is 0 Å². The zero-order chi connectivity index (χ0) is 59.9. The molecule has 22 nitrogen and oxygen atoms in total. The van der Waals surface area contributed by atoms with E-state index in [1.807, 2.05) is 33.5 Å². The van der Waals surface area contributed by atoms with E-state index in [-0.39, 0.29) is 66.7 Å². The van der Waals surface area contributed by atoms with Crippen molar-refractivity contribution in [1.29, 1.82) is 0 Å². The lowest BCUT2D eigenvalue weighted by Crippen LogP contribution is -2.41. The van der Waals surface area contributed by atoms with Gasteiger partial charge >= 0.3 is 7.12 Å². The van der Waals surface area contributed by atoms with Crippen LogP contribution in [0.15, 0.2) is 58.9 Å². The van der Waals surface area contributed by atoms with Crippen molar-refractivity contribution in [2.24, 2.45) is 5.73 Å². The van der Waals surface area contributed by atoms with Crippen LogP contribution in [0.5, 0.6) is 0 Å². The summed E-state index contributed by atoms with van der Waals surface area (Å²) in [5, 5.41) is 7.60. The van der Waals surface area contributed by atoms with Crippen LogP contribution in [-0.2, 0) is 96.2 Å². The molecule has 9 aromatic rings. The number of hydrogen-bond acceptors (Lipinski definition) is 17. The van der Waals surface area contributed by atoms with Crippen molar-refractivity contribution in [3.8, 4) is 0 Å². The summed E-state index contributed by atoms with van der Waals surface area (Å²) in [5.74, 6) is 1.27. The second-order valence-electron chi connectivity index (χ2n) is 22.7. The minimum atomic E-state index is -0.416. The zero-order valence-electron chi connectivity index (χ0n) is 49.3. The summed E-state index contributed by atoms with van der Waals surface area (Å²) in [6, 6.07) is 0. The number of alkyl halides is 1. The fourth-order valence-electron chi connectivity index (χ4n) is 12.1. The van der Waals surface area contributed by atoms with Gasteiger partial charge < -0.3 is 38.9 Å². The molecule has 10 heterocycles. The van der Waals surface area contributed by atoms with E-state index in [4.69, 9.17) is 33.3 Å². The standard InChI is InChI=1S/C23H29BN4O5.C18H20N4O3.C18H20N4O2.CH3Br.CH4/c1-22(2)23(3,4)33-24(32-22)10-15-13-8-6-7-9-14(13)17-18-19(31-20(17)27-15)21(30)28(12-26-18)11-16(29)25-5;1-3-12-10-6-4-5-7-11(10)14-15-16(25-17(14)21-12)18(24)22(9-20-15)8-13(23)19-2;1-3-13-11-6-4-5-7-12(11)14-15-16(24-17(14)21-13)18(23)22(9-20-15)8-10(2)19;1-2;/h12H,6-11H2,1-5H3,(H,25,29);9H,3-8H2,1-2H3,(H,19,23);9H,2-8,19H2,1H3;1H3;1H4. The summed E-state index contributed by atoms with van der Waals surface area (Å²) in [7, 11) is 2.65. The quantitative estimate of drug-likeness (QED) is 0.0859. The first-order chi connectivity index (χ1) is 40.3. The highest BCUT2D eigenvalue weighted by atomic mass is 79.9. The number of nitrogens with two attached hydrogens (primary N) is 1. The van der Waals surface area contributed by atoms with Gasteiger partial charge in [0.15, 0.2) is 0 Å². The van der Waals surface area contributed by atoms with E-state index < -0.39 is 23.9 Å². The van der Waals surface area contributed by atoms with Crippen LogP contribution in [0.4, 0.5) is 0 Å². The van der Waals surface area contributed by atoms with E-state index in [9.17, 15) is 24.0 Å². The van der Waals surface area contributed by atoms with Gasteiger partial charge in [0.2, 0.25) is 45.7 Å². The van der Waals surface area contributed by atoms with Crippen molar-refractivity contribution in [2.75, 3.05) is 19.9 Å². The number of allylic oxidation sites excluding steroid dienone is 1. The van der Waals surface area contributed by atoms with Gasteiger partial charge in [0.1, 0.15) is 29.6 Å². The molecule has 4 aliphatic rings. The molecule has 9 aromatic heterocycles. The van der Waals surface area contributed by atoms with E-state index in [0.29, 0.717) is 45.7 Å². The molecular formula is C61H76BBrN12O10. The second kappa shape index (κ2) is 25.2. The van der Waals surface area contributed by atoms with E-state index in [0.717, 1.165) is 122 Å². The van der Waals surface area contributed by atoms with Crippen LogP contribution in [0, 0.1) is 0 Å².